The highest BCUT2D eigenvalue weighted by Gasteiger charge is 2.50. The summed E-state index contributed by atoms with van der Waals surface area (Å²) in [5, 5.41) is 1.03. The molecule has 0 spiro atoms. The molecule has 2 saturated heterocycles. The van der Waals surface area contributed by atoms with Crippen molar-refractivity contribution in [1.29, 1.82) is 0 Å². The zero-order chi connectivity index (χ0) is 28.8. The molecule has 0 unspecified atom stereocenters. The predicted molar refractivity (Wildman–Crippen MR) is 164 cm³/mol. The van der Waals surface area contributed by atoms with Gasteiger partial charge in [-0.3, -0.25) is 14.6 Å². The summed E-state index contributed by atoms with van der Waals surface area (Å²) in [6, 6.07) is 6.53. The van der Waals surface area contributed by atoms with Crippen molar-refractivity contribution < 1.29 is 14.3 Å². The zero-order valence-electron chi connectivity index (χ0n) is 25.3. The Morgan fingerprint density at radius 3 is 2.26 bits per heavy atom. The summed E-state index contributed by atoms with van der Waals surface area (Å²) in [4.78, 5) is 30.4. The van der Waals surface area contributed by atoms with Gasteiger partial charge in [0.1, 0.15) is 11.5 Å². The third-order valence-corrected chi connectivity index (χ3v) is 12.0. The Hall–Kier alpha value is -2.36. The summed E-state index contributed by atoms with van der Waals surface area (Å²) in [7, 11) is 3.40. The number of methoxy groups -OCH3 is 2. The van der Waals surface area contributed by atoms with Crippen LogP contribution in [0.1, 0.15) is 49.7 Å². The third-order valence-electron chi connectivity index (χ3n) is 10.9. The van der Waals surface area contributed by atoms with Crippen LogP contribution in [0, 0.1) is 30.6 Å². The van der Waals surface area contributed by atoms with Crippen molar-refractivity contribution in [3.8, 4) is 11.5 Å². The van der Waals surface area contributed by atoms with E-state index in [4.69, 9.17) is 9.47 Å². The van der Waals surface area contributed by atoms with Crippen LogP contribution < -0.4 is 9.47 Å². The minimum absolute atomic E-state index is 0.161. The van der Waals surface area contributed by atoms with Crippen molar-refractivity contribution >= 4 is 17.7 Å². The number of benzene rings is 1. The number of likely N-dealkylation sites (tertiary alicyclic amines) is 1. The molecule has 226 valence electrons. The van der Waals surface area contributed by atoms with Gasteiger partial charge in [0.2, 0.25) is 5.91 Å². The molecule has 4 saturated carbocycles. The van der Waals surface area contributed by atoms with Crippen molar-refractivity contribution in [3.63, 3.8) is 0 Å². The summed E-state index contributed by atoms with van der Waals surface area (Å²) in [6.45, 7) is 7.22. The molecule has 6 aliphatic rings. The highest BCUT2D eigenvalue weighted by Crippen LogP contribution is 2.55. The number of thioether (sulfide) groups is 1. The quantitative estimate of drug-likeness (QED) is 0.416. The van der Waals surface area contributed by atoms with Crippen LogP contribution in [0.4, 0.5) is 0 Å². The van der Waals surface area contributed by atoms with E-state index in [9.17, 15) is 4.79 Å². The number of carbonyl (C=O) groups excluding carboxylic acids is 1. The lowest BCUT2D eigenvalue weighted by atomic mass is 9.54. The predicted octanol–water partition coefficient (Wildman–Crippen LogP) is 4.51. The Labute approximate surface area is 254 Å². The zero-order valence-corrected chi connectivity index (χ0v) is 26.1. The van der Waals surface area contributed by atoms with E-state index in [1.165, 1.54) is 32.1 Å². The molecule has 8 rings (SSSR count). The topological polar surface area (TPSA) is 71.0 Å². The van der Waals surface area contributed by atoms with E-state index in [0.717, 1.165) is 96.6 Å². The van der Waals surface area contributed by atoms with Crippen LogP contribution in [-0.2, 0) is 11.3 Å². The first-order chi connectivity index (χ1) is 20.5. The van der Waals surface area contributed by atoms with Gasteiger partial charge in [-0.05, 0) is 81.3 Å². The number of rotatable bonds is 8. The maximum absolute atomic E-state index is 14.2. The summed E-state index contributed by atoms with van der Waals surface area (Å²) < 4.78 is 11.4. The average Bonchev–Trinajstić information content (AvgIpc) is 3.39. The average molecular weight is 592 g/mol. The Morgan fingerprint density at radius 2 is 1.62 bits per heavy atom. The van der Waals surface area contributed by atoms with Gasteiger partial charge in [-0.2, -0.15) is 0 Å². The fourth-order valence-corrected chi connectivity index (χ4v) is 10.5. The van der Waals surface area contributed by atoms with Crippen molar-refractivity contribution in [2.75, 3.05) is 46.9 Å². The molecular weight excluding hydrogens is 546 g/mol. The monoisotopic (exact) mass is 591 g/mol. The van der Waals surface area contributed by atoms with Crippen LogP contribution in [-0.4, -0.2) is 94.9 Å². The Balaban J connectivity index is 1.05. The lowest BCUT2D eigenvalue weighted by molar-refractivity contribution is -0.140. The maximum Gasteiger partial charge on any atom is 0.240 e. The Kier molecular flexibility index (Phi) is 8.09. The van der Waals surface area contributed by atoms with Gasteiger partial charge in [-0.1, -0.05) is 17.8 Å². The van der Waals surface area contributed by atoms with Crippen LogP contribution in [0.15, 0.2) is 35.7 Å². The van der Waals surface area contributed by atoms with Crippen molar-refractivity contribution in [1.82, 2.24) is 24.7 Å². The second-order valence-corrected chi connectivity index (χ2v) is 14.6. The van der Waals surface area contributed by atoms with Crippen LogP contribution in [0.3, 0.4) is 0 Å². The fraction of sp³-hybridized carbons (Fsp3) is 0.667. The minimum Gasteiger partial charge on any atom is -0.496 e. The molecule has 8 nitrogen and oxygen atoms in total. The highest BCUT2D eigenvalue weighted by atomic mass is 32.2. The molecule has 2 aliphatic heterocycles. The van der Waals surface area contributed by atoms with Gasteiger partial charge in [0.15, 0.2) is 5.16 Å². The first-order valence-electron chi connectivity index (χ1n) is 15.9. The molecule has 6 fully saturated rings. The molecule has 3 heterocycles. The number of aromatic nitrogens is 2. The smallest absolute Gasteiger partial charge is 0.240 e. The molecule has 1 aromatic carbocycles. The van der Waals surface area contributed by atoms with Gasteiger partial charge < -0.3 is 14.4 Å². The number of ether oxygens (including phenoxy) is 2. The third kappa shape index (κ3) is 5.41. The highest BCUT2D eigenvalue weighted by molar-refractivity contribution is 7.99. The molecule has 1 aromatic heterocycles. The van der Waals surface area contributed by atoms with Gasteiger partial charge in [-0.25, -0.2) is 9.97 Å². The van der Waals surface area contributed by atoms with Gasteiger partial charge >= 0.3 is 0 Å². The summed E-state index contributed by atoms with van der Waals surface area (Å²) in [5.74, 6) is 5.73. The SMILES string of the molecule is COc1ccc(CN2C[C@H](Sc3ncccn3)C[C@H]2C(=O)N2CCN(C3C4CC5CC(C4)CC3C5)CC2)c(OC)c1C. The maximum atomic E-state index is 14.2. The first kappa shape index (κ1) is 28.4. The number of amides is 1. The lowest BCUT2D eigenvalue weighted by Gasteiger charge is -2.58. The van der Waals surface area contributed by atoms with E-state index in [-0.39, 0.29) is 17.2 Å². The number of piperazine rings is 1. The summed E-state index contributed by atoms with van der Waals surface area (Å²) >= 11 is 1.69. The fourth-order valence-electron chi connectivity index (χ4n) is 9.40. The number of nitrogens with zero attached hydrogens (tertiary/aromatic N) is 5. The normalized spacial score (nSPS) is 32.8. The van der Waals surface area contributed by atoms with Gasteiger partial charge in [0.05, 0.1) is 20.3 Å². The van der Waals surface area contributed by atoms with E-state index in [1.54, 1.807) is 38.4 Å². The molecule has 0 radical (unpaired) electrons. The Morgan fingerprint density at radius 1 is 0.929 bits per heavy atom. The van der Waals surface area contributed by atoms with E-state index < -0.39 is 0 Å². The molecule has 4 aliphatic carbocycles. The van der Waals surface area contributed by atoms with Crippen LogP contribution in [0.5, 0.6) is 11.5 Å². The Bertz CT molecular complexity index is 1240. The van der Waals surface area contributed by atoms with E-state index in [2.05, 4.69) is 30.7 Å². The number of hydrogen-bond donors (Lipinski definition) is 0. The molecule has 9 heteroatoms. The lowest BCUT2D eigenvalue weighted by Crippen LogP contribution is -2.61. The molecule has 1 amide bonds. The minimum atomic E-state index is -0.161. The second kappa shape index (κ2) is 12.0. The van der Waals surface area contributed by atoms with Crippen molar-refractivity contribution in [3.05, 3.63) is 41.7 Å². The molecule has 0 N–H and O–H groups in total. The van der Waals surface area contributed by atoms with E-state index in [0.29, 0.717) is 6.54 Å². The molecule has 2 atom stereocenters. The first-order valence-corrected chi connectivity index (χ1v) is 16.8. The second-order valence-electron chi connectivity index (χ2n) is 13.3. The molecule has 2 aromatic rings. The summed E-state index contributed by atoms with van der Waals surface area (Å²) in [5.41, 5.74) is 2.08. The largest absolute Gasteiger partial charge is 0.496 e. The van der Waals surface area contributed by atoms with Gasteiger partial charge in [-0.15, -0.1) is 0 Å². The summed E-state index contributed by atoms with van der Waals surface area (Å²) in [6.07, 6.45) is 11.7. The molecule has 42 heavy (non-hydrogen) atoms. The standard InChI is InChI=1S/C33H45N5O3S/c1-21-29(40-2)6-5-24(31(21)41-3)19-38-20-27(42-33-34-7-4-8-35-33)18-28(38)32(39)37-11-9-36(10-12-37)30-25-14-22-13-23(16-25)17-26(30)15-22/h4-8,22-23,25-28,30H,9-20H2,1-3H3/t22?,23?,25?,26?,27-,28+,30?/m1/s1. The van der Waals surface area contributed by atoms with Crippen LogP contribution in [0.25, 0.3) is 0 Å². The van der Waals surface area contributed by atoms with Crippen molar-refractivity contribution in [2.45, 2.75) is 74.5 Å². The van der Waals surface area contributed by atoms with Crippen molar-refractivity contribution in [2.24, 2.45) is 23.7 Å². The molecule has 4 bridgehead atoms. The van der Waals surface area contributed by atoms with Gasteiger partial charge in [0, 0.05) is 74.1 Å². The van der Waals surface area contributed by atoms with E-state index in [1.807, 2.05) is 19.1 Å². The van der Waals surface area contributed by atoms with E-state index >= 15 is 0 Å². The van der Waals surface area contributed by atoms with Crippen LogP contribution >= 0.6 is 11.8 Å². The number of carbonyl (C=O) groups is 1. The van der Waals surface area contributed by atoms with Crippen LogP contribution in [0.2, 0.25) is 0 Å². The molecular formula is C33H45N5O3S. The van der Waals surface area contributed by atoms with Gasteiger partial charge in [0.25, 0.3) is 0 Å². The number of hydrogen-bond acceptors (Lipinski definition) is 8.